The van der Waals surface area contributed by atoms with Crippen molar-refractivity contribution in [3.8, 4) is 0 Å². The predicted molar refractivity (Wildman–Crippen MR) is 91.2 cm³/mol. The highest BCUT2D eigenvalue weighted by atomic mass is 35.5. The lowest BCUT2D eigenvalue weighted by molar-refractivity contribution is 1.02. The van der Waals surface area contributed by atoms with Crippen LogP contribution in [0.4, 0.5) is 11.4 Å². The molecule has 2 rings (SSSR count). The van der Waals surface area contributed by atoms with Gasteiger partial charge >= 0.3 is 0 Å². The highest BCUT2D eigenvalue weighted by molar-refractivity contribution is 7.80. The van der Waals surface area contributed by atoms with Crippen LogP contribution in [-0.2, 0) is 0 Å². The Morgan fingerprint density at radius 1 is 1.25 bits per heavy atom. The minimum Gasteiger partial charge on any atom is -0.389 e. The predicted octanol–water partition coefficient (Wildman–Crippen LogP) is 4.44. The summed E-state index contributed by atoms with van der Waals surface area (Å²) in [6, 6.07) is 13.9. The molecule has 0 aliphatic rings. The van der Waals surface area contributed by atoms with Crippen LogP contribution in [-0.4, -0.2) is 11.5 Å². The molecule has 4 heteroatoms. The van der Waals surface area contributed by atoms with Crippen LogP contribution < -0.4 is 10.6 Å². The van der Waals surface area contributed by atoms with Crippen molar-refractivity contribution in [1.82, 2.24) is 0 Å². The molecule has 0 unspecified atom stereocenters. The van der Waals surface area contributed by atoms with Gasteiger partial charge in [-0.05, 0) is 49.7 Å². The summed E-state index contributed by atoms with van der Waals surface area (Å²) in [6.45, 7) is 4.97. The van der Waals surface area contributed by atoms with Gasteiger partial charge in [0, 0.05) is 22.8 Å². The van der Waals surface area contributed by atoms with Crippen LogP contribution >= 0.6 is 23.8 Å². The molecule has 0 aliphatic carbocycles. The smallest absolute Gasteiger partial charge is 0.106 e. The number of benzene rings is 2. The topological polar surface area (TPSA) is 29.3 Å². The Balaban J connectivity index is 2.57. The fraction of sp³-hybridized carbons (Fsp3) is 0.188. The van der Waals surface area contributed by atoms with Crippen molar-refractivity contribution in [2.75, 3.05) is 11.4 Å². The van der Waals surface area contributed by atoms with E-state index in [2.05, 4.69) is 36.9 Å². The summed E-state index contributed by atoms with van der Waals surface area (Å²) in [6.07, 6.45) is 0. The maximum absolute atomic E-state index is 6.13. The van der Waals surface area contributed by atoms with E-state index in [9.17, 15) is 0 Å². The third kappa shape index (κ3) is 3.11. The van der Waals surface area contributed by atoms with Crippen molar-refractivity contribution in [2.24, 2.45) is 5.73 Å². The average molecular weight is 305 g/mol. The maximum Gasteiger partial charge on any atom is 0.106 e. The summed E-state index contributed by atoms with van der Waals surface area (Å²) in [5.41, 5.74) is 9.92. The van der Waals surface area contributed by atoms with E-state index in [4.69, 9.17) is 29.6 Å². The second-order valence-corrected chi connectivity index (χ2v) is 5.49. The number of thiocarbonyl (C=S) groups is 1. The lowest BCUT2D eigenvalue weighted by Crippen LogP contribution is -2.21. The zero-order valence-corrected chi connectivity index (χ0v) is 13.1. The molecule has 0 aliphatic heterocycles. The van der Waals surface area contributed by atoms with Gasteiger partial charge in [-0.1, -0.05) is 36.0 Å². The first-order valence-electron chi connectivity index (χ1n) is 6.46. The number of nitrogens with zero attached hydrogens (tertiary/aromatic N) is 1. The molecule has 0 amide bonds. The highest BCUT2D eigenvalue weighted by Crippen LogP contribution is 2.31. The van der Waals surface area contributed by atoms with Crippen LogP contribution in [0.1, 0.15) is 18.1 Å². The van der Waals surface area contributed by atoms with E-state index in [-0.39, 0.29) is 0 Å². The Morgan fingerprint density at radius 3 is 2.60 bits per heavy atom. The maximum atomic E-state index is 6.13. The highest BCUT2D eigenvalue weighted by Gasteiger charge is 2.14. The number of nitrogens with two attached hydrogens (primary N) is 1. The first-order valence-corrected chi connectivity index (χ1v) is 7.25. The molecule has 20 heavy (non-hydrogen) atoms. The number of rotatable bonds is 4. The minimum absolute atomic E-state index is 0.378. The van der Waals surface area contributed by atoms with Crippen molar-refractivity contribution < 1.29 is 0 Å². The molecule has 0 aromatic heterocycles. The van der Waals surface area contributed by atoms with Crippen LogP contribution in [0.5, 0.6) is 0 Å². The van der Waals surface area contributed by atoms with Crippen LogP contribution in [0, 0.1) is 6.92 Å². The van der Waals surface area contributed by atoms with Crippen LogP contribution in [0.25, 0.3) is 0 Å². The van der Waals surface area contributed by atoms with Gasteiger partial charge in [-0.3, -0.25) is 0 Å². The molecule has 2 aromatic carbocycles. The molecule has 0 atom stereocenters. The third-order valence-corrected chi connectivity index (χ3v) is 3.60. The van der Waals surface area contributed by atoms with E-state index in [1.54, 1.807) is 0 Å². The van der Waals surface area contributed by atoms with Crippen LogP contribution in [0.15, 0.2) is 42.5 Å². The zero-order valence-electron chi connectivity index (χ0n) is 11.6. The van der Waals surface area contributed by atoms with Crippen molar-refractivity contribution in [3.63, 3.8) is 0 Å². The molecule has 0 heterocycles. The van der Waals surface area contributed by atoms with E-state index in [1.165, 1.54) is 5.56 Å². The van der Waals surface area contributed by atoms with Crippen molar-refractivity contribution in [2.45, 2.75) is 13.8 Å². The van der Waals surface area contributed by atoms with Gasteiger partial charge in [0.1, 0.15) is 4.99 Å². The number of halogens is 1. The van der Waals surface area contributed by atoms with Crippen molar-refractivity contribution in [1.29, 1.82) is 0 Å². The molecule has 0 bridgehead atoms. The Bertz CT molecular complexity index is 640. The first-order chi connectivity index (χ1) is 9.52. The zero-order chi connectivity index (χ0) is 14.7. The molecule has 104 valence electrons. The van der Waals surface area contributed by atoms with E-state index in [0.717, 1.165) is 23.5 Å². The number of aryl methyl sites for hydroxylation is 1. The molecule has 0 saturated carbocycles. The van der Waals surface area contributed by atoms with Gasteiger partial charge in [0.2, 0.25) is 0 Å². The molecular weight excluding hydrogens is 288 g/mol. The Kier molecular flexibility index (Phi) is 4.63. The normalized spacial score (nSPS) is 10.3. The molecule has 0 spiro atoms. The molecule has 2 N–H and O–H groups in total. The Morgan fingerprint density at radius 2 is 2.00 bits per heavy atom. The summed E-state index contributed by atoms with van der Waals surface area (Å²) in [7, 11) is 0. The van der Waals surface area contributed by atoms with Gasteiger partial charge in [0.05, 0.1) is 5.69 Å². The third-order valence-electron chi connectivity index (χ3n) is 3.15. The molecular formula is C16H17ClN2S. The second-order valence-electron chi connectivity index (χ2n) is 4.61. The van der Waals surface area contributed by atoms with E-state index in [1.807, 2.05) is 24.3 Å². The SMILES string of the molecule is CCN(c1cccc(C)c1)c1cc(Cl)ccc1C(N)=S. The van der Waals surface area contributed by atoms with Crippen molar-refractivity contribution in [3.05, 3.63) is 58.6 Å². The van der Waals surface area contributed by atoms with Gasteiger partial charge in [0.15, 0.2) is 0 Å². The summed E-state index contributed by atoms with van der Waals surface area (Å²) in [5.74, 6) is 0. The number of hydrogen-bond donors (Lipinski definition) is 1. The minimum atomic E-state index is 0.378. The number of hydrogen-bond acceptors (Lipinski definition) is 2. The van der Waals surface area contributed by atoms with Gasteiger partial charge in [0.25, 0.3) is 0 Å². The largest absolute Gasteiger partial charge is 0.389 e. The van der Waals surface area contributed by atoms with Gasteiger partial charge < -0.3 is 10.6 Å². The van der Waals surface area contributed by atoms with E-state index >= 15 is 0 Å². The van der Waals surface area contributed by atoms with Gasteiger partial charge in [-0.25, -0.2) is 0 Å². The quantitative estimate of drug-likeness (QED) is 0.847. The van der Waals surface area contributed by atoms with E-state index in [0.29, 0.717) is 10.0 Å². The summed E-state index contributed by atoms with van der Waals surface area (Å²) < 4.78 is 0. The molecule has 2 aromatic rings. The fourth-order valence-electron chi connectivity index (χ4n) is 2.22. The fourth-order valence-corrected chi connectivity index (χ4v) is 2.56. The molecule has 0 fully saturated rings. The standard InChI is InChI=1S/C16H17ClN2S/c1-3-19(13-6-4-5-11(2)9-13)15-10-12(17)7-8-14(15)16(18)20/h4-10H,3H2,1-2H3,(H2,18,20). The monoisotopic (exact) mass is 304 g/mol. The Labute approximate surface area is 130 Å². The summed E-state index contributed by atoms with van der Waals surface area (Å²) in [5, 5.41) is 0.672. The molecule has 0 saturated heterocycles. The summed E-state index contributed by atoms with van der Waals surface area (Å²) in [4.78, 5) is 2.54. The summed E-state index contributed by atoms with van der Waals surface area (Å²) >= 11 is 11.3. The first kappa shape index (κ1) is 14.8. The lowest BCUT2D eigenvalue weighted by Gasteiger charge is -2.26. The number of anilines is 2. The average Bonchev–Trinajstić information content (AvgIpc) is 2.39. The second kappa shape index (κ2) is 6.25. The van der Waals surface area contributed by atoms with Crippen LogP contribution in [0.2, 0.25) is 5.02 Å². The van der Waals surface area contributed by atoms with Crippen molar-refractivity contribution >= 4 is 40.2 Å². The van der Waals surface area contributed by atoms with E-state index < -0.39 is 0 Å². The van der Waals surface area contributed by atoms with Gasteiger partial charge in [-0.2, -0.15) is 0 Å². The van der Waals surface area contributed by atoms with Gasteiger partial charge in [-0.15, -0.1) is 0 Å². The van der Waals surface area contributed by atoms with Crippen LogP contribution in [0.3, 0.4) is 0 Å². The molecule has 2 nitrogen and oxygen atoms in total. The lowest BCUT2D eigenvalue weighted by atomic mass is 10.1. The Hall–Kier alpha value is -1.58. The molecule has 0 radical (unpaired) electrons.